The lowest BCUT2D eigenvalue weighted by atomic mass is 10.1. The number of anilines is 1. The van der Waals surface area contributed by atoms with Crippen molar-refractivity contribution >= 4 is 17.4 Å². The summed E-state index contributed by atoms with van der Waals surface area (Å²) >= 11 is 1.72. The van der Waals surface area contributed by atoms with E-state index in [1.807, 2.05) is 0 Å². The molecule has 0 aliphatic heterocycles. The SMILES string of the molecule is CC(Cc1ccsc1)Nc1nnc(CNC2CC2)o1. The third-order valence-electron chi connectivity index (χ3n) is 3.08. The molecule has 2 aromatic heterocycles. The van der Waals surface area contributed by atoms with Crippen LogP contribution in [-0.4, -0.2) is 22.3 Å². The van der Waals surface area contributed by atoms with E-state index in [0.29, 0.717) is 24.5 Å². The van der Waals surface area contributed by atoms with E-state index in [-0.39, 0.29) is 6.04 Å². The van der Waals surface area contributed by atoms with Crippen LogP contribution in [0.1, 0.15) is 31.2 Å². The number of aromatic nitrogens is 2. The van der Waals surface area contributed by atoms with Gasteiger partial charge in [-0.3, -0.25) is 0 Å². The zero-order valence-corrected chi connectivity index (χ0v) is 11.7. The summed E-state index contributed by atoms with van der Waals surface area (Å²) in [7, 11) is 0. The molecule has 1 atom stereocenters. The topological polar surface area (TPSA) is 63.0 Å². The molecule has 0 spiro atoms. The van der Waals surface area contributed by atoms with Gasteiger partial charge in [0.25, 0.3) is 0 Å². The molecule has 0 saturated heterocycles. The maximum Gasteiger partial charge on any atom is 0.315 e. The minimum atomic E-state index is 0.277. The van der Waals surface area contributed by atoms with Crippen LogP contribution < -0.4 is 10.6 Å². The number of hydrogen-bond acceptors (Lipinski definition) is 6. The van der Waals surface area contributed by atoms with Crippen LogP contribution >= 0.6 is 11.3 Å². The van der Waals surface area contributed by atoms with Gasteiger partial charge in [0.15, 0.2) is 0 Å². The first-order chi connectivity index (χ1) is 9.29. The Morgan fingerprint density at radius 3 is 3.11 bits per heavy atom. The molecule has 0 amide bonds. The van der Waals surface area contributed by atoms with Crippen LogP contribution in [0.25, 0.3) is 0 Å². The van der Waals surface area contributed by atoms with Crippen molar-refractivity contribution in [2.75, 3.05) is 5.32 Å². The van der Waals surface area contributed by atoms with Crippen molar-refractivity contribution in [1.29, 1.82) is 0 Å². The number of nitrogens with one attached hydrogen (secondary N) is 2. The first kappa shape index (κ1) is 12.6. The molecule has 102 valence electrons. The molecule has 2 N–H and O–H groups in total. The van der Waals surface area contributed by atoms with Gasteiger partial charge in [-0.15, -0.1) is 5.10 Å². The van der Waals surface area contributed by atoms with Crippen LogP contribution in [0.5, 0.6) is 0 Å². The van der Waals surface area contributed by atoms with Crippen molar-refractivity contribution in [2.45, 2.75) is 44.8 Å². The highest BCUT2D eigenvalue weighted by Gasteiger charge is 2.21. The van der Waals surface area contributed by atoms with E-state index in [9.17, 15) is 0 Å². The number of rotatable bonds is 7. The summed E-state index contributed by atoms with van der Waals surface area (Å²) in [5.74, 6) is 0.650. The second-order valence-electron chi connectivity index (χ2n) is 5.04. The Morgan fingerprint density at radius 1 is 1.47 bits per heavy atom. The fraction of sp³-hybridized carbons (Fsp3) is 0.538. The zero-order chi connectivity index (χ0) is 13.1. The lowest BCUT2D eigenvalue weighted by Crippen LogP contribution is -2.18. The number of hydrogen-bond donors (Lipinski definition) is 2. The van der Waals surface area contributed by atoms with Crippen LogP contribution in [0.15, 0.2) is 21.2 Å². The number of nitrogens with zero attached hydrogens (tertiary/aromatic N) is 2. The molecule has 0 radical (unpaired) electrons. The second kappa shape index (κ2) is 5.71. The van der Waals surface area contributed by atoms with Gasteiger partial charge < -0.3 is 15.1 Å². The Bertz CT molecular complexity index is 506. The highest BCUT2D eigenvalue weighted by molar-refractivity contribution is 7.07. The Balaban J connectivity index is 1.48. The lowest BCUT2D eigenvalue weighted by Gasteiger charge is -2.10. The lowest BCUT2D eigenvalue weighted by molar-refractivity contribution is 0.472. The van der Waals surface area contributed by atoms with Crippen LogP contribution in [0, 0.1) is 0 Å². The Kier molecular flexibility index (Phi) is 3.79. The maximum atomic E-state index is 5.56. The molecule has 1 saturated carbocycles. The van der Waals surface area contributed by atoms with E-state index in [0.717, 1.165) is 6.42 Å². The summed E-state index contributed by atoms with van der Waals surface area (Å²) in [6.07, 6.45) is 3.48. The predicted octanol–water partition coefficient (Wildman–Crippen LogP) is 2.43. The Hall–Kier alpha value is -1.40. The van der Waals surface area contributed by atoms with E-state index in [2.05, 4.69) is 44.6 Å². The van der Waals surface area contributed by atoms with Crippen molar-refractivity contribution < 1.29 is 4.42 Å². The van der Waals surface area contributed by atoms with Gasteiger partial charge in [0.05, 0.1) is 6.54 Å². The average molecular weight is 278 g/mol. The molecule has 1 aliphatic rings. The smallest absolute Gasteiger partial charge is 0.315 e. The third-order valence-corrected chi connectivity index (χ3v) is 3.81. The predicted molar refractivity (Wildman–Crippen MR) is 75.3 cm³/mol. The second-order valence-corrected chi connectivity index (χ2v) is 5.82. The van der Waals surface area contributed by atoms with Gasteiger partial charge in [0.1, 0.15) is 0 Å². The summed E-state index contributed by atoms with van der Waals surface area (Å²) in [6.45, 7) is 2.78. The molecule has 2 heterocycles. The molecule has 19 heavy (non-hydrogen) atoms. The average Bonchev–Trinajstić information content (AvgIpc) is 2.88. The third kappa shape index (κ3) is 3.78. The Labute approximate surface area is 116 Å². The zero-order valence-electron chi connectivity index (χ0n) is 10.9. The molecule has 0 aromatic carbocycles. The fourth-order valence-electron chi connectivity index (χ4n) is 1.93. The maximum absolute atomic E-state index is 5.56. The largest absolute Gasteiger partial charge is 0.407 e. The molecular formula is C13H18N4OS. The summed E-state index contributed by atoms with van der Waals surface area (Å²) in [6, 6.07) is 3.58. The summed E-state index contributed by atoms with van der Waals surface area (Å²) in [4.78, 5) is 0. The van der Waals surface area contributed by atoms with E-state index in [4.69, 9.17) is 4.42 Å². The van der Waals surface area contributed by atoms with Gasteiger partial charge in [-0.25, -0.2) is 0 Å². The normalized spacial score (nSPS) is 16.5. The van der Waals surface area contributed by atoms with Crippen molar-refractivity contribution in [3.05, 3.63) is 28.3 Å². The first-order valence-corrected chi connectivity index (χ1v) is 7.57. The highest BCUT2D eigenvalue weighted by Crippen LogP contribution is 2.19. The minimum Gasteiger partial charge on any atom is -0.407 e. The standard InChI is InChI=1S/C13H18N4OS/c1-9(6-10-4-5-19-8-10)15-13-17-16-12(18-13)7-14-11-2-3-11/h4-5,8-9,11,14H,2-3,6-7H2,1H3,(H,15,17). The van der Waals surface area contributed by atoms with Gasteiger partial charge in [-0.1, -0.05) is 5.10 Å². The van der Waals surface area contributed by atoms with Crippen LogP contribution in [0.3, 0.4) is 0 Å². The van der Waals surface area contributed by atoms with E-state index in [1.165, 1.54) is 18.4 Å². The van der Waals surface area contributed by atoms with Gasteiger partial charge in [0.2, 0.25) is 5.89 Å². The number of thiophene rings is 1. The highest BCUT2D eigenvalue weighted by atomic mass is 32.1. The minimum absolute atomic E-state index is 0.277. The van der Waals surface area contributed by atoms with Crippen molar-refractivity contribution in [2.24, 2.45) is 0 Å². The molecule has 1 unspecified atom stereocenters. The van der Waals surface area contributed by atoms with Crippen LogP contribution in [-0.2, 0) is 13.0 Å². The monoisotopic (exact) mass is 278 g/mol. The van der Waals surface area contributed by atoms with Gasteiger partial charge >= 0.3 is 6.01 Å². The quantitative estimate of drug-likeness (QED) is 0.814. The van der Waals surface area contributed by atoms with Gasteiger partial charge in [-0.2, -0.15) is 11.3 Å². The van der Waals surface area contributed by atoms with E-state index in [1.54, 1.807) is 11.3 Å². The van der Waals surface area contributed by atoms with Gasteiger partial charge in [-0.05, 0) is 48.6 Å². The van der Waals surface area contributed by atoms with Crippen molar-refractivity contribution in [1.82, 2.24) is 15.5 Å². The van der Waals surface area contributed by atoms with E-state index >= 15 is 0 Å². The molecule has 5 nitrogen and oxygen atoms in total. The summed E-state index contributed by atoms with van der Waals surface area (Å²) in [5, 5.41) is 18.9. The summed E-state index contributed by atoms with van der Waals surface area (Å²) < 4.78 is 5.56. The van der Waals surface area contributed by atoms with E-state index < -0.39 is 0 Å². The van der Waals surface area contributed by atoms with Crippen LogP contribution in [0.4, 0.5) is 6.01 Å². The molecule has 3 rings (SSSR count). The molecule has 6 heteroatoms. The van der Waals surface area contributed by atoms with Gasteiger partial charge in [0, 0.05) is 12.1 Å². The fourth-order valence-corrected chi connectivity index (χ4v) is 2.61. The first-order valence-electron chi connectivity index (χ1n) is 6.63. The molecule has 1 fully saturated rings. The molecule has 0 bridgehead atoms. The molecular weight excluding hydrogens is 260 g/mol. The van der Waals surface area contributed by atoms with Crippen LogP contribution in [0.2, 0.25) is 0 Å². The molecule has 2 aromatic rings. The Morgan fingerprint density at radius 2 is 2.37 bits per heavy atom. The van der Waals surface area contributed by atoms with Crippen molar-refractivity contribution in [3.63, 3.8) is 0 Å². The van der Waals surface area contributed by atoms with Crippen molar-refractivity contribution in [3.8, 4) is 0 Å². The summed E-state index contributed by atoms with van der Waals surface area (Å²) in [5.41, 5.74) is 1.33. The molecule has 1 aliphatic carbocycles.